The van der Waals surface area contributed by atoms with Gasteiger partial charge in [-0.15, -0.1) is 0 Å². The predicted octanol–water partition coefficient (Wildman–Crippen LogP) is 3.32. The second-order valence-corrected chi connectivity index (χ2v) is 5.75. The molecule has 0 fully saturated rings. The lowest BCUT2D eigenvalue weighted by atomic mass is 10.1. The van der Waals surface area contributed by atoms with Crippen molar-refractivity contribution >= 4 is 11.6 Å². The van der Waals surface area contributed by atoms with Crippen LogP contribution in [0.5, 0.6) is 0 Å². The number of hydrogen-bond donors (Lipinski definition) is 1. The predicted molar refractivity (Wildman–Crippen MR) is 94.4 cm³/mol. The molecule has 0 aliphatic carbocycles. The van der Waals surface area contributed by atoms with Crippen LogP contribution in [0.25, 0.3) is 0 Å². The van der Waals surface area contributed by atoms with E-state index in [-0.39, 0.29) is 11.7 Å². The number of carbonyl (C=O) groups excluding carboxylic acids is 1. The molecule has 0 radical (unpaired) electrons. The van der Waals surface area contributed by atoms with Gasteiger partial charge in [-0.1, -0.05) is 12.1 Å². The number of halogens is 1. The first kappa shape index (κ1) is 17.9. The summed E-state index contributed by atoms with van der Waals surface area (Å²) in [5.74, 6) is -0.289. The number of benzene rings is 1. The van der Waals surface area contributed by atoms with Gasteiger partial charge in [-0.3, -0.25) is 9.78 Å². The largest absolute Gasteiger partial charge is 0.373 e. The fourth-order valence-electron chi connectivity index (χ4n) is 2.41. The molecule has 0 atom stereocenters. The Kier molecular flexibility index (Phi) is 6.73. The number of anilines is 1. The van der Waals surface area contributed by atoms with Crippen molar-refractivity contribution in [3.8, 4) is 0 Å². The molecule has 0 saturated carbocycles. The van der Waals surface area contributed by atoms with Crippen LogP contribution in [0.15, 0.2) is 42.6 Å². The molecule has 0 aliphatic heterocycles. The number of carbonyl (C=O) groups is 1. The smallest absolute Gasteiger partial charge is 0.220 e. The molecule has 0 unspecified atom stereocenters. The normalized spacial score (nSPS) is 10.5. The number of rotatable bonds is 8. The summed E-state index contributed by atoms with van der Waals surface area (Å²) in [4.78, 5) is 18.0. The molecule has 128 valence electrons. The van der Waals surface area contributed by atoms with Crippen molar-refractivity contribution in [3.63, 3.8) is 0 Å². The van der Waals surface area contributed by atoms with E-state index in [2.05, 4.69) is 10.3 Å². The average molecular weight is 329 g/mol. The Labute approximate surface area is 142 Å². The van der Waals surface area contributed by atoms with Crippen LogP contribution in [0, 0.1) is 5.82 Å². The Bertz CT molecular complexity index is 661. The first-order valence-corrected chi connectivity index (χ1v) is 8.26. The molecule has 24 heavy (non-hydrogen) atoms. The third-order valence-electron chi connectivity index (χ3n) is 3.95. The highest BCUT2D eigenvalue weighted by Crippen LogP contribution is 2.19. The van der Waals surface area contributed by atoms with E-state index in [9.17, 15) is 9.18 Å². The van der Waals surface area contributed by atoms with E-state index in [4.69, 9.17) is 0 Å². The summed E-state index contributed by atoms with van der Waals surface area (Å²) in [5, 5.41) is 2.84. The van der Waals surface area contributed by atoms with Gasteiger partial charge in [-0.2, -0.15) is 0 Å². The molecule has 4 nitrogen and oxygen atoms in total. The van der Waals surface area contributed by atoms with Gasteiger partial charge in [0.05, 0.1) is 5.69 Å². The van der Waals surface area contributed by atoms with Crippen molar-refractivity contribution in [2.24, 2.45) is 0 Å². The Morgan fingerprint density at radius 1 is 1.29 bits per heavy atom. The Balaban J connectivity index is 1.76. The lowest BCUT2D eigenvalue weighted by Crippen LogP contribution is -2.23. The van der Waals surface area contributed by atoms with Crippen molar-refractivity contribution in [3.05, 3.63) is 59.7 Å². The van der Waals surface area contributed by atoms with Crippen LogP contribution in [0.2, 0.25) is 0 Å². The van der Waals surface area contributed by atoms with E-state index in [1.807, 2.05) is 43.1 Å². The first-order chi connectivity index (χ1) is 11.6. The van der Waals surface area contributed by atoms with Gasteiger partial charge in [0.1, 0.15) is 5.82 Å². The highest BCUT2D eigenvalue weighted by Gasteiger charge is 2.08. The molecule has 0 saturated heterocycles. The molecule has 0 bridgehead atoms. The average Bonchev–Trinajstić information content (AvgIpc) is 2.60. The van der Waals surface area contributed by atoms with E-state index in [0.717, 1.165) is 30.6 Å². The molecule has 2 rings (SSSR count). The van der Waals surface area contributed by atoms with Crippen LogP contribution in [0.4, 0.5) is 10.1 Å². The molecule has 0 spiro atoms. The summed E-state index contributed by atoms with van der Waals surface area (Å²) in [7, 11) is 1.85. The molecule has 5 heteroatoms. The maximum absolute atomic E-state index is 14.0. The van der Waals surface area contributed by atoms with Crippen LogP contribution in [0.1, 0.15) is 31.0 Å². The molecule has 1 amide bonds. The number of aromatic nitrogens is 1. The number of nitrogens with zero attached hydrogens (tertiary/aromatic N) is 2. The number of nitrogens with one attached hydrogen (secondary N) is 1. The minimum Gasteiger partial charge on any atom is -0.373 e. The van der Waals surface area contributed by atoms with Crippen LogP contribution in [-0.2, 0) is 17.8 Å². The second-order valence-electron chi connectivity index (χ2n) is 5.75. The summed E-state index contributed by atoms with van der Waals surface area (Å²) in [6.45, 7) is 3.05. The summed E-state index contributed by atoms with van der Waals surface area (Å²) in [5.41, 5.74) is 2.32. The third-order valence-corrected chi connectivity index (χ3v) is 3.95. The molecule has 1 N–H and O–H groups in total. The number of aryl methyl sites for hydroxylation is 1. The zero-order valence-electron chi connectivity index (χ0n) is 14.3. The number of amides is 1. The van der Waals surface area contributed by atoms with Gasteiger partial charge in [0.2, 0.25) is 5.91 Å². The summed E-state index contributed by atoms with van der Waals surface area (Å²) in [6, 6.07) is 10.8. The van der Waals surface area contributed by atoms with Crippen LogP contribution >= 0.6 is 0 Å². The van der Waals surface area contributed by atoms with Gasteiger partial charge in [0, 0.05) is 38.4 Å². The molecule has 1 heterocycles. The monoisotopic (exact) mass is 329 g/mol. The fraction of sp³-hybridized carbons (Fsp3) is 0.368. The molecule has 1 aromatic carbocycles. The van der Waals surface area contributed by atoms with E-state index >= 15 is 0 Å². The van der Waals surface area contributed by atoms with Gasteiger partial charge >= 0.3 is 0 Å². The van der Waals surface area contributed by atoms with Crippen LogP contribution in [0.3, 0.4) is 0 Å². The lowest BCUT2D eigenvalue weighted by Gasteiger charge is -2.18. The van der Waals surface area contributed by atoms with Crippen molar-refractivity contribution in [1.82, 2.24) is 10.3 Å². The van der Waals surface area contributed by atoms with Gasteiger partial charge in [0.15, 0.2) is 0 Å². The van der Waals surface area contributed by atoms with E-state index < -0.39 is 0 Å². The summed E-state index contributed by atoms with van der Waals surface area (Å²) < 4.78 is 14.0. The second kappa shape index (κ2) is 9.01. The highest BCUT2D eigenvalue weighted by molar-refractivity contribution is 5.75. The molecule has 1 aromatic heterocycles. The topological polar surface area (TPSA) is 45.2 Å². The van der Waals surface area contributed by atoms with Crippen molar-refractivity contribution in [1.29, 1.82) is 0 Å². The fourth-order valence-corrected chi connectivity index (χ4v) is 2.41. The molecular formula is C19H24FN3O. The highest BCUT2D eigenvalue weighted by atomic mass is 19.1. The third kappa shape index (κ3) is 5.33. The number of pyridine rings is 1. The maximum Gasteiger partial charge on any atom is 0.220 e. The van der Waals surface area contributed by atoms with Crippen molar-refractivity contribution < 1.29 is 9.18 Å². The van der Waals surface area contributed by atoms with E-state index in [1.165, 1.54) is 6.07 Å². The molecule has 2 aromatic rings. The minimum atomic E-state index is -0.263. The standard InChI is InChI=1S/C19H24FN3O/c1-3-23(2)18-11-10-15(13-17(18)20)14-22-19(24)9-6-8-16-7-4-5-12-21-16/h4-5,7,10-13H,3,6,8-9,14H2,1-2H3,(H,22,24). The Morgan fingerprint density at radius 2 is 2.12 bits per heavy atom. The van der Waals surface area contributed by atoms with E-state index in [1.54, 1.807) is 12.3 Å². The van der Waals surface area contributed by atoms with Crippen LogP contribution in [-0.4, -0.2) is 24.5 Å². The van der Waals surface area contributed by atoms with E-state index in [0.29, 0.717) is 18.7 Å². The lowest BCUT2D eigenvalue weighted by molar-refractivity contribution is -0.121. The van der Waals surface area contributed by atoms with Gasteiger partial charge in [-0.05, 0) is 49.6 Å². The zero-order valence-corrected chi connectivity index (χ0v) is 14.3. The molecule has 0 aliphatic rings. The molecular weight excluding hydrogens is 305 g/mol. The van der Waals surface area contributed by atoms with Crippen molar-refractivity contribution in [2.75, 3.05) is 18.5 Å². The zero-order chi connectivity index (χ0) is 17.4. The first-order valence-electron chi connectivity index (χ1n) is 8.26. The summed E-state index contributed by atoms with van der Waals surface area (Å²) >= 11 is 0. The summed E-state index contributed by atoms with van der Waals surface area (Å²) in [6.07, 6.45) is 3.72. The van der Waals surface area contributed by atoms with Gasteiger partial charge in [-0.25, -0.2) is 4.39 Å². The maximum atomic E-state index is 14.0. The quantitative estimate of drug-likeness (QED) is 0.808. The minimum absolute atomic E-state index is 0.0268. The SMILES string of the molecule is CCN(C)c1ccc(CNC(=O)CCCc2ccccn2)cc1F. The number of hydrogen-bond acceptors (Lipinski definition) is 3. The van der Waals surface area contributed by atoms with Crippen LogP contribution < -0.4 is 10.2 Å². The van der Waals surface area contributed by atoms with Crippen molar-refractivity contribution in [2.45, 2.75) is 32.7 Å². The van der Waals surface area contributed by atoms with Gasteiger partial charge < -0.3 is 10.2 Å². The van der Waals surface area contributed by atoms with Gasteiger partial charge in [0.25, 0.3) is 0 Å². The Hall–Kier alpha value is -2.43. The Morgan fingerprint density at radius 3 is 2.79 bits per heavy atom.